The lowest BCUT2D eigenvalue weighted by molar-refractivity contribution is 0.0715. The van der Waals surface area contributed by atoms with E-state index in [1.807, 2.05) is 46.0 Å². The number of thiophene rings is 1. The molecule has 0 spiro atoms. The number of nitrogens with one attached hydrogen (secondary N) is 1. The number of benzene rings is 1. The van der Waals surface area contributed by atoms with Crippen LogP contribution in [0.5, 0.6) is 11.5 Å². The van der Waals surface area contributed by atoms with Crippen LogP contribution in [0.4, 0.5) is 0 Å². The Morgan fingerprint density at radius 1 is 1.38 bits per heavy atom. The van der Waals surface area contributed by atoms with Crippen LogP contribution in [0.15, 0.2) is 41.1 Å². The van der Waals surface area contributed by atoms with Crippen LogP contribution in [0.1, 0.15) is 22.5 Å². The molecule has 0 aliphatic carbocycles. The van der Waals surface area contributed by atoms with Crippen LogP contribution < -0.4 is 9.47 Å². The minimum atomic E-state index is -0.0605. The zero-order valence-corrected chi connectivity index (χ0v) is 15.2. The molecule has 3 heterocycles. The first-order valence-corrected chi connectivity index (χ1v) is 9.36. The van der Waals surface area contributed by atoms with Gasteiger partial charge in [-0.3, -0.25) is 9.89 Å². The highest BCUT2D eigenvalue weighted by atomic mass is 32.1. The number of hydrogen-bond acceptors (Lipinski definition) is 5. The molecule has 2 aromatic heterocycles. The van der Waals surface area contributed by atoms with Crippen molar-refractivity contribution in [3.8, 4) is 22.8 Å². The average Bonchev–Trinajstić information content (AvgIpc) is 3.32. The van der Waals surface area contributed by atoms with Crippen molar-refractivity contribution in [1.29, 1.82) is 0 Å². The van der Waals surface area contributed by atoms with E-state index in [-0.39, 0.29) is 5.91 Å². The van der Waals surface area contributed by atoms with Gasteiger partial charge in [-0.1, -0.05) is 12.1 Å². The molecule has 26 heavy (non-hydrogen) atoms. The Bertz CT molecular complexity index is 905. The summed E-state index contributed by atoms with van der Waals surface area (Å²) in [5.41, 5.74) is 3.24. The topological polar surface area (TPSA) is 67.5 Å². The molecule has 134 valence electrons. The smallest absolute Gasteiger partial charge is 0.272 e. The number of rotatable bonds is 3. The molecule has 7 heteroatoms. The number of fused-ring (bicyclic) bond motifs is 1. The van der Waals surface area contributed by atoms with Gasteiger partial charge in [0, 0.05) is 29.6 Å². The predicted molar refractivity (Wildman–Crippen MR) is 99.7 cm³/mol. The standard InChI is InChI=1S/C19H19N3O3S/c1-24-17-5-2-4-13-11-22(7-3-8-25-18(13)17)19(23)16-10-15(20-21-16)14-6-9-26-12-14/h2,4-6,9-10,12H,3,7-8,11H2,1H3,(H,20,21). The number of carbonyl (C=O) groups is 1. The monoisotopic (exact) mass is 369 g/mol. The fourth-order valence-electron chi connectivity index (χ4n) is 3.06. The van der Waals surface area contributed by atoms with Gasteiger partial charge in [-0.15, -0.1) is 0 Å². The Hall–Kier alpha value is -2.80. The van der Waals surface area contributed by atoms with Gasteiger partial charge in [-0.25, -0.2) is 0 Å². The molecule has 0 unspecified atom stereocenters. The van der Waals surface area contributed by atoms with Crippen LogP contribution in [-0.2, 0) is 6.54 Å². The second-order valence-electron chi connectivity index (χ2n) is 6.06. The molecule has 1 aromatic carbocycles. The van der Waals surface area contributed by atoms with Crippen molar-refractivity contribution in [2.24, 2.45) is 0 Å². The van der Waals surface area contributed by atoms with Gasteiger partial charge >= 0.3 is 0 Å². The number of hydrogen-bond donors (Lipinski definition) is 1. The molecule has 1 aliphatic heterocycles. The zero-order valence-electron chi connectivity index (χ0n) is 14.4. The molecule has 1 aliphatic rings. The van der Waals surface area contributed by atoms with E-state index in [1.165, 1.54) is 0 Å². The molecule has 0 atom stereocenters. The van der Waals surface area contributed by atoms with Crippen LogP contribution in [0.2, 0.25) is 0 Å². The van der Waals surface area contributed by atoms with Crippen LogP contribution in [-0.4, -0.2) is 41.3 Å². The summed E-state index contributed by atoms with van der Waals surface area (Å²) in [6.45, 7) is 1.64. The number of ether oxygens (including phenoxy) is 2. The summed E-state index contributed by atoms with van der Waals surface area (Å²) in [6, 6.07) is 9.55. The molecule has 0 radical (unpaired) electrons. The number of H-pyrrole nitrogens is 1. The van der Waals surface area contributed by atoms with Crippen LogP contribution >= 0.6 is 11.3 Å². The maximum absolute atomic E-state index is 13.0. The number of nitrogens with zero attached hydrogens (tertiary/aromatic N) is 2. The minimum absolute atomic E-state index is 0.0605. The lowest BCUT2D eigenvalue weighted by atomic mass is 10.1. The van der Waals surface area contributed by atoms with E-state index >= 15 is 0 Å². The van der Waals surface area contributed by atoms with Crippen molar-refractivity contribution in [2.75, 3.05) is 20.3 Å². The third-order valence-electron chi connectivity index (χ3n) is 4.37. The van der Waals surface area contributed by atoms with Gasteiger partial charge in [-0.05, 0) is 30.0 Å². The summed E-state index contributed by atoms with van der Waals surface area (Å²) >= 11 is 1.61. The maximum Gasteiger partial charge on any atom is 0.272 e. The predicted octanol–water partition coefficient (Wildman–Crippen LogP) is 3.57. The highest BCUT2D eigenvalue weighted by molar-refractivity contribution is 7.08. The van der Waals surface area contributed by atoms with Crippen LogP contribution in [0, 0.1) is 0 Å². The van der Waals surface area contributed by atoms with Crippen molar-refractivity contribution >= 4 is 17.2 Å². The van der Waals surface area contributed by atoms with E-state index in [1.54, 1.807) is 18.4 Å². The summed E-state index contributed by atoms with van der Waals surface area (Å²) in [5.74, 6) is 1.35. The minimum Gasteiger partial charge on any atom is -0.493 e. The number of aromatic amines is 1. The molecule has 3 aromatic rings. The van der Waals surface area contributed by atoms with Crippen molar-refractivity contribution < 1.29 is 14.3 Å². The van der Waals surface area contributed by atoms with Crippen molar-refractivity contribution in [3.05, 3.63) is 52.3 Å². The van der Waals surface area contributed by atoms with E-state index in [4.69, 9.17) is 9.47 Å². The van der Waals surface area contributed by atoms with Gasteiger partial charge < -0.3 is 14.4 Å². The highest BCUT2D eigenvalue weighted by Crippen LogP contribution is 2.33. The fraction of sp³-hybridized carbons (Fsp3) is 0.263. The van der Waals surface area contributed by atoms with Crippen LogP contribution in [0.3, 0.4) is 0 Å². The molecule has 0 fully saturated rings. The normalized spacial score (nSPS) is 14.1. The third kappa shape index (κ3) is 3.17. The van der Waals surface area contributed by atoms with Gasteiger partial charge in [0.15, 0.2) is 11.5 Å². The molecule has 6 nitrogen and oxygen atoms in total. The molecule has 1 amide bonds. The Labute approximate surface area is 155 Å². The number of amides is 1. The third-order valence-corrected chi connectivity index (χ3v) is 5.06. The van der Waals surface area contributed by atoms with E-state index in [0.29, 0.717) is 31.1 Å². The Morgan fingerprint density at radius 2 is 2.31 bits per heavy atom. The average molecular weight is 369 g/mol. The molecule has 4 rings (SSSR count). The second kappa shape index (κ2) is 7.21. The first kappa shape index (κ1) is 16.7. The van der Waals surface area contributed by atoms with Gasteiger partial charge in [0.25, 0.3) is 5.91 Å². The first-order valence-electron chi connectivity index (χ1n) is 8.42. The van der Waals surface area contributed by atoms with Crippen molar-refractivity contribution in [2.45, 2.75) is 13.0 Å². The quantitative estimate of drug-likeness (QED) is 0.766. The molecule has 0 bridgehead atoms. The van der Waals surface area contributed by atoms with Gasteiger partial charge in [0.1, 0.15) is 5.69 Å². The molecule has 0 saturated carbocycles. The second-order valence-corrected chi connectivity index (χ2v) is 6.84. The Kier molecular flexibility index (Phi) is 4.62. The Balaban J connectivity index is 1.59. The summed E-state index contributed by atoms with van der Waals surface area (Å²) in [6.07, 6.45) is 0.759. The molecule has 1 N–H and O–H groups in total. The largest absolute Gasteiger partial charge is 0.493 e. The lowest BCUT2D eigenvalue weighted by Crippen LogP contribution is -2.34. The maximum atomic E-state index is 13.0. The molecule has 0 saturated heterocycles. The number of carbonyl (C=O) groups excluding carboxylic acids is 1. The van der Waals surface area contributed by atoms with Gasteiger partial charge in [0.05, 0.1) is 19.4 Å². The van der Waals surface area contributed by atoms with Crippen LogP contribution in [0.25, 0.3) is 11.3 Å². The molecular weight excluding hydrogens is 350 g/mol. The summed E-state index contributed by atoms with van der Waals surface area (Å²) < 4.78 is 11.2. The summed E-state index contributed by atoms with van der Waals surface area (Å²) in [5, 5.41) is 11.2. The van der Waals surface area contributed by atoms with E-state index < -0.39 is 0 Å². The van der Waals surface area contributed by atoms with Gasteiger partial charge in [0.2, 0.25) is 0 Å². The zero-order chi connectivity index (χ0) is 17.9. The first-order chi connectivity index (χ1) is 12.8. The fourth-order valence-corrected chi connectivity index (χ4v) is 3.71. The van der Waals surface area contributed by atoms with E-state index in [9.17, 15) is 4.79 Å². The number of aromatic nitrogens is 2. The Morgan fingerprint density at radius 3 is 3.12 bits per heavy atom. The van der Waals surface area contributed by atoms with E-state index in [0.717, 1.165) is 29.0 Å². The van der Waals surface area contributed by atoms with Gasteiger partial charge in [-0.2, -0.15) is 16.4 Å². The lowest BCUT2D eigenvalue weighted by Gasteiger charge is -2.26. The number of methoxy groups -OCH3 is 1. The van der Waals surface area contributed by atoms with E-state index in [2.05, 4.69) is 10.2 Å². The SMILES string of the molecule is COc1cccc2c1OCCCN(C(=O)c1cc(-c3ccsc3)n[nH]1)C2. The van der Waals surface area contributed by atoms with Crippen molar-refractivity contribution in [1.82, 2.24) is 15.1 Å². The van der Waals surface area contributed by atoms with Crippen molar-refractivity contribution in [3.63, 3.8) is 0 Å². The number of para-hydroxylation sites is 1. The summed E-state index contributed by atoms with van der Waals surface area (Å²) in [7, 11) is 1.62. The summed E-state index contributed by atoms with van der Waals surface area (Å²) in [4.78, 5) is 14.8. The highest BCUT2D eigenvalue weighted by Gasteiger charge is 2.23. The molecular formula is C19H19N3O3S.